The fourth-order valence-corrected chi connectivity index (χ4v) is 2.16. The number of rotatable bonds is 11. The Morgan fingerprint density at radius 3 is 1.78 bits per heavy atom. The van der Waals surface area contributed by atoms with Gasteiger partial charge in [-0.2, -0.15) is 0 Å². The molecule has 0 saturated heterocycles. The van der Waals surface area contributed by atoms with Crippen LogP contribution >= 0.6 is 23.2 Å². The van der Waals surface area contributed by atoms with Crippen molar-refractivity contribution in [3.8, 4) is 0 Å². The quantitative estimate of drug-likeness (QED) is 0.448. The Labute approximate surface area is 146 Å². The number of ether oxygens (including phenoxy) is 2. The molecule has 0 radical (unpaired) electrons. The van der Waals surface area contributed by atoms with Gasteiger partial charge in [0.05, 0.1) is 25.9 Å². The van der Waals surface area contributed by atoms with Crippen molar-refractivity contribution in [1.29, 1.82) is 0 Å². The number of hydrogen-bond donors (Lipinski definition) is 0. The molecule has 1 rings (SSSR count). The van der Waals surface area contributed by atoms with E-state index in [2.05, 4.69) is 0 Å². The maximum atomic E-state index is 11.3. The molecule has 0 fully saturated rings. The fourth-order valence-electron chi connectivity index (χ4n) is 1.85. The zero-order valence-electron chi connectivity index (χ0n) is 12.9. The molecule has 0 heterocycles. The summed E-state index contributed by atoms with van der Waals surface area (Å²) in [6, 6.07) is 9.65. The van der Waals surface area contributed by atoms with Gasteiger partial charge in [-0.05, 0) is 12.1 Å². The van der Waals surface area contributed by atoms with Crippen molar-refractivity contribution in [3.05, 3.63) is 30.3 Å². The maximum Gasteiger partial charge on any atom is 0.307 e. The first-order valence-electron chi connectivity index (χ1n) is 7.40. The minimum atomic E-state index is -0.318. The number of carbonyl (C=O) groups excluding carboxylic acids is 2. The highest BCUT2D eigenvalue weighted by Gasteiger charge is 2.09. The Hall–Kier alpha value is -1.46. The van der Waals surface area contributed by atoms with E-state index in [1.807, 2.05) is 35.2 Å². The number of esters is 2. The van der Waals surface area contributed by atoms with Crippen LogP contribution in [0.2, 0.25) is 0 Å². The van der Waals surface area contributed by atoms with Gasteiger partial charge in [0, 0.05) is 17.4 Å². The lowest BCUT2D eigenvalue weighted by Gasteiger charge is -2.24. The van der Waals surface area contributed by atoms with E-state index in [0.717, 1.165) is 5.69 Å². The average Bonchev–Trinajstić information content (AvgIpc) is 2.55. The lowest BCUT2D eigenvalue weighted by molar-refractivity contribution is -0.143. The second-order valence-corrected chi connectivity index (χ2v) is 5.40. The van der Waals surface area contributed by atoms with Crippen molar-refractivity contribution in [3.63, 3.8) is 0 Å². The summed E-state index contributed by atoms with van der Waals surface area (Å²) in [6.45, 7) is 1.51. The SMILES string of the molecule is O=C(CCCl)OCCN(CCOC(=O)CCCl)c1ccccc1. The number of alkyl halides is 2. The molecule has 1 aromatic carbocycles. The summed E-state index contributed by atoms with van der Waals surface area (Å²) in [5.41, 5.74) is 0.967. The van der Waals surface area contributed by atoms with Gasteiger partial charge in [-0.1, -0.05) is 18.2 Å². The van der Waals surface area contributed by atoms with Gasteiger partial charge in [-0.15, -0.1) is 23.2 Å². The van der Waals surface area contributed by atoms with Crippen LogP contribution in [0, 0.1) is 0 Å². The Morgan fingerprint density at radius 1 is 0.870 bits per heavy atom. The van der Waals surface area contributed by atoms with Crippen LogP contribution < -0.4 is 4.90 Å². The standard InChI is InChI=1S/C16H21Cl2NO4/c17-8-6-15(20)22-12-10-19(14-4-2-1-3-5-14)11-13-23-16(21)7-9-18/h1-5H,6-13H2. The molecule has 0 aliphatic rings. The predicted octanol–water partition coefficient (Wildman–Crippen LogP) is 2.84. The van der Waals surface area contributed by atoms with Crippen LogP contribution in [0.3, 0.4) is 0 Å². The van der Waals surface area contributed by atoms with Gasteiger partial charge >= 0.3 is 11.9 Å². The summed E-state index contributed by atoms with van der Waals surface area (Å²) in [5.74, 6) is -0.140. The summed E-state index contributed by atoms with van der Waals surface area (Å²) < 4.78 is 10.2. The summed E-state index contributed by atoms with van der Waals surface area (Å²) in [4.78, 5) is 24.6. The first-order valence-corrected chi connectivity index (χ1v) is 8.47. The third-order valence-corrected chi connectivity index (χ3v) is 3.35. The number of para-hydroxylation sites is 1. The molecular formula is C16H21Cl2NO4. The second kappa shape index (κ2) is 12.0. The molecule has 0 bridgehead atoms. The van der Waals surface area contributed by atoms with E-state index >= 15 is 0 Å². The number of hydrogen-bond acceptors (Lipinski definition) is 5. The van der Waals surface area contributed by atoms with Gasteiger partial charge in [-0.25, -0.2) is 0 Å². The van der Waals surface area contributed by atoms with Crippen LogP contribution in [0.4, 0.5) is 5.69 Å². The summed E-state index contributed by atoms with van der Waals surface area (Å²) in [6.07, 6.45) is 0.395. The fraction of sp³-hybridized carbons (Fsp3) is 0.500. The van der Waals surface area contributed by atoms with E-state index in [9.17, 15) is 9.59 Å². The number of carbonyl (C=O) groups is 2. The molecule has 0 aromatic heterocycles. The predicted molar refractivity (Wildman–Crippen MR) is 91.2 cm³/mol. The number of halogens is 2. The summed E-state index contributed by atoms with van der Waals surface area (Å²) in [5, 5.41) is 0. The van der Waals surface area contributed by atoms with Crippen molar-refractivity contribution < 1.29 is 19.1 Å². The molecule has 0 unspecified atom stereocenters. The zero-order chi connectivity index (χ0) is 16.9. The van der Waals surface area contributed by atoms with E-state index in [-0.39, 0.29) is 49.8 Å². The molecular weight excluding hydrogens is 341 g/mol. The van der Waals surface area contributed by atoms with Crippen molar-refractivity contribution in [1.82, 2.24) is 0 Å². The molecule has 0 amide bonds. The van der Waals surface area contributed by atoms with E-state index < -0.39 is 0 Å². The van der Waals surface area contributed by atoms with Crippen molar-refractivity contribution in [2.45, 2.75) is 12.8 Å². The van der Waals surface area contributed by atoms with Gasteiger partial charge in [0.1, 0.15) is 13.2 Å². The Balaban J connectivity index is 2.47. The van der Waals surface area contributed by atoms with Crippen LogP contribution in [0.15, 0.2) is 30.3 Å². The molecule has 0 atom stereocenters. The van der Waals surface area contributed by atoms with Crippen LogP contribution in [0.5, 0.6) is 0 Å². The first kappa shape index (κ1) is 19.6. The highest BCUT2D eigenvalue weighted by molar-refractivity contribution is 6.19. The molecule has 0 saturated carbocycles. The Bertz CT molecular complexity index is 446. The third kappa shape index (κ3) is 8.67. The van der Waals surface area contributed by atoms with Crippen LogP contribution in [0.1, 0.15) is 12.8 Å². The normalized spacial score (nSPS) is 10.2. The molecule has 5 nitrogen and oxygen atoms in total. The van der Waals surface area contributed by atoms with Crippen LogP contribution in [-0.4, -0.2) is 50.0 Å². The monoisotopic (exact) mass is 361 g/mol. The minimum Gasteiger partial charge on any atom is -0.464 e. The van der Waals surface area contributed by atoms with Crippen molar-refractivity contribution in [2.75, 3.05) is 43.0 Å². The van der Waals surface area contributed by atoms with E-state index in [4.69, 9.17) is 32.7 Å². The van der Waals surface area contributed by atoms with Gasteiger partial charge in [0.15, 0.2) is 0 Å². The maximum absolute atomic E-state index is 11.3. The van der Waals surface area contributed by atoms with Gasteiger partial charge in [0.25, 0.3) is 0 Å². The summed E-state index contributed by atoms with van der Waals surface area (Å²) >= 11 is 11.0. The number of nitrogens with zero attached hydrogens (tertiary/aromatic N) is 1. The largest absolute Gasteiger partial charge is 0.464 e. The molecule has 128 valence electrons. The second-order valence-electron chi connectivity index (χ2n) is 4.64. The molecule has 0 aliphatic carbocycles. The van der Waals surface area contributed by atoms with Crippen LogP contribution in [-0.2, 0) is 19.1 Å². The molecule has 1 aromatic rings. The van der Waals surface area contributed by atoms with E-state index in [1.54, 1.807) is 0 Å². The first-order chi connectivity index (χ1) is 11.2. The van der Waals surface area contributed by atoms with Crippen molar-refractivity contribution >= 4 is 40.8 Å². The van der Waals surface area contributed by atoms with Crippen LogP contribution in [0.25, 0.3) is 0 Å². The smallest absolute Gasteiger partial charge is 0.307 e. The Kier molecular flexibility index (Phi) is 10.2. The number of benzene rings is 1. The average molecular weight is 362 g/mol. The molecule has 0 aliphatic heterocycles. The number of anilines is 1. The zero-order valence-corrected chi connectivity index (χ0v) is 14.4. The minimum absolute atomic E-state index is 0.197. The summed E-state index contributed by atoms with van der Waals surface area (Å²) in [7, 11) is 0. The molecule has 0 N–H and O–H groups in total. The van der Waals surface area contributed by atoms with E-state index in [0.29, 0.717) is 13.1 Å². The topological polar surface area (TPSA) is 55.8 Å². The molecule has 7 heteroatoms. The Morgan fingerprint density at radius 2 is 1.35 bits per heavy atom. The van der Waals surface area contributed by atoms with Gasteiger partial charge < -0.3 is 14.4 Å². The third-order valence-electron chi connectivity index (χ3n) is 2.97. The highest BCUT2D eigenvalue weighted by Crippen LogP contribution is 2.12. The lowest BCUT2D eigenvalue weighted by Crippen LogP contribution is -2.32. The van der Waals surface area contributed by atoms with Crippen molar-refractivity contribution in [2.24, 2.45) is 0 Å². The highest BCUT2D eigenvalue weighted by atomic mass is 35.5. The van der Waals surface area contributed by atoms with Gasteiger partial charge in [0.2, 0.25) is 0 Å². The van der Waals surface area contributed by atoms with Gasteiger partial charge in [-0.3, -0.25) is 9.59 Å². The molecule has 23 heavy (non-hydrogen) atoms. The molecule has 0 spiro atoms. The van der Waals surface area contributed by atoms with E-state index in [1.165, 1.54) is 0 Å². The lowest BCUT2D eigenvalue weighted by atomic mass is 10.3.